The van der Waals surface area contributed by atoms with Crippen LogP contribution in [0.1, 0.15) is 0 Å². The minimum atomic E-state index is -2.17. The molecule has 10 heteroatoms. The van der Waals surface area contributed by atoms with Gasteiger partial charge in [0.05, 0.1) is 29.1 Å². The van der Waals surface area contributed by atoms with Crippen LogP contribution in [0, 0.1) is 35.2 Å². The zero-order chi connectivity index (χ0) is 12.2. The van der Waals surface area contributed by atoms with Crippen LogP contribution in [0.15, 0.2) is 0 Å². The Morgan fingerprint density at radius 1 is 0.750 bits per heavy atom. The maximum atomic E-state index is 12.0. The van der Waals surface area contributed by atoms with E-state index in [4.69, 9.17) is 15.1 Å². The molecule has 1 aromatic carbocycles. The predicted molar refractivity (Wildman–Crippen MR) is 37.5 cm³/mol. The van der Waals surface area contributed by atoms with Crippen molar-refractivity contribution in [1.29, 1.82) is 0 Å². The van der Waals surface area contributed by atoms with Crippen LogP contribution in [0.3, 0.4) is 0 Å². The van der Waals surface area contributed by atoms with E-state index in [2.05, 4.69) is 0 Å². The maximum absolute atomic E-state index is 12.0. The van der Waals surface area contributed by atoms with Crippen molar-refractivity contribution in [2.45, 2.75) is 0 Å². The molecule has 0 fully saturated rings. The van der Waals surface area contributed by atoms with Crippen LogP contribution in [0.4, 0.5) is 22.0 Å². The summed E-state index contributed by atoms with van der Waals surface area (Å²) in [6.07, 6.45) is 0. The Bertz CT molecular complexity index is 322. The third-order valence-electron chi connectivity index (χ3n) is 0.990. The van der Waals surface area contributed by atoms with E-state index in [0.29, 0.717) is 0 Å². The summed E-state index contributed by atoms with van der Waals surface area (Å²) in [6.45, 7) is 0. The van der Waals surface area contributed by atoms with Crippen LogP contribution in [0.25, 0.3) is 0 Å². The van der Waals surface area contributed by atoms with Gasteiger partial charge in [-0.2, -0.15) is 0 Å². The average Bonchev–Trinajstić information content (AvgIpc) is 2.11. The van der Waals surface area contributed by atoms with Gasteiger partial charge in [0.25, 0.3) is 0 Å². The van der Waals surface area contributed by atoms with E-state index in [1.54, 1.807) is 0 Å². The van der Waals surface area contributed by atoms with Gasteiger partial charge in [0.15, 0.2) is 0 Å². The van der Waals surface area contributed by atoms with E-state index >= 15 is 0 Å². The van der Waals surface area contributed by atoms with E-state index in [1.807, 2.05) is 0 Å². The third kappa shape index (κ3) is 6.25. The van der Waals surface area contributed by atoms with Crippen LogP contribution >= 0.6 is 0 Å². The summed E-state index contributed by atoms with van der Waals surface area (Å²) < 4.78 is 59.9. The molecule has 3 N–H and O–H groups in total. The molecule has 0 radical (unpaired) electrons. The van der Waals surface area contributed by atoms with Crippen LogP contribution in [-0.4, -0.2) is 22.4 Å². The molecule has 0 saturated carbocycles. The Hall–Kier alpha value is 0.451. The molecule has 16 heavy (non-hydrogen) atoms. The van der Waals surface area contributed by atoms with Crippen molar-refractivity contribution < 1.29 is 88.4 Å². The monoisotopic (exact) mass is 268 g/mol. The summed E-state index contributed by atoms with van der Waals surface area (Å²) >= 11 is 0. The second kappa shape index (κ2) is 8.53. The predicted octanol–water partition coefficient (Wildman–Crippen LogP) is -2.87. The minimum Gasteiger partial charge on any atom is -0.402 e. The first-order valence-corrected chi connectivity index (χ1v) is 3.22. The van der Waals surface area contributed by atoms with Crippen LogP contribution in [-0.2, 0) is 0 Å². The molecule has 0 bridgehead atoms. The first-order chi connectivity index (χ1) is 6.77. The fourth-order valence-electron chi connectivity index (χ4n) is 0.495. The molecule has 0 aliphatic carbocycles. The largest absolute Gasteiger partial charge is 1.00 e. The van der Waals surface area contributed by atoms with E-state index in [1.165, 1.54) is 0 Å². The molecule has 0 aromatic heterocycles. The summed E-state index contributed by atoms with van der Waals surface area (Å²) in [5.74, 6) is -10.0. The van der Waals surface area contributed by atoms with Crippen molar-refractivity contribution >= 4 is 7.32 Å². The van der Waals surface area contributed by atoms with E-state index in [9.17, 15) is 22.0 Å². The summed E-state index contributed by atoms with van der Waals surface area (Å²) in [5.41, 5.74) is 0. The van der Waals surface area contributed by atoms with Gasteiger partial charge in [-0.3, -0.25) is 8.78 Å². The zero-order valence-electron chi connectivity index (χ0n) is 7.81. The molecule has 3 nitrogen and oxygen atoms in total. The fraction of sp³-hybridized carbons (Fsp3) is 0. The summed E-state index contributed by atoms with van der Waals surface area (Å²) in [5, 5.41) is 21.5. The van der Waals surface area contributed by atoms with Gasteiger partial charge in [-0.25, -0.2) is 13.2 Å². The van der Waals surface area contributed by atoms with Crippen molar-refractivity contribution in [3.63, 3.8) is 0 Å². The van der Waals surface area contributed by atoms with Crippen molar-refractivity contribution in [3.05, 3.63) is 35.2 Å². The van der Waals surface area contributed by atoms with Crippen molar-refractivity contribution in [1.82, 2.24) is 0 Å². The van der Waals surface area contributed by atoms with Crippen LogP contribution in [0.5, 0.6) is 0 Å². The van der Waals surface area contributed by atoms with Crippen molar-refractivity contribution in [3.8, 4) is 0 Å². The molecule has 0 atom stereocenters. The minimum absolute atomic E-state index is 0. The molecule has 0 aliphatic rings. The Balaban J connectivity index is 0. The molecule has 84 valence electrons. The number of hydrogen-bond acceptors (Lipinski definition) is 3. The van der Waals surface area contributed by atoms with Gasteiger partial charge in [0.2, 0.25) is 0 Å². The van der Waals surface area contributed by atoms with Crippen molar-refractivity contribution in [2.75, 3.05) is 0 Å². The molecular weight excluding hydrogens is 265 g/mol. The molecule has 0 spiro atoms. The Labute approximate surface area is 129 Å². The maximum Gasteiger partial charge on any atom is 1.00 e. The van der Waals surface area contributed by atoms with Gasteiger partial charge in [-0.05, 0) is 0 Å². The van der Waals surface area contributed by atoms with Gasteiger partial charge < -0.3 is 15.1 Å². The van der Waals surface area contributed by atoms with E-state index < -0.39 is 36.4 Å². The van der Waals surface area contributed by atoms with E-state index in [0.717, 1.165) is 6.07 Å². The third-order valence-corrected chi connectivity index (χ3v) is 0.990. The van der Waals surface area contributed by atoms with Gasteiger partial charge in [-0.15, -0.1) is 6.07 Å². The average molecular weight is 268 g/mol. The second-order valence-electron chi connectivity index (χ2n) is 2.04. The SMILES string of the molecule is Fc1[c-]c(F)c(F)c(F)c1F.OB(O)O.[K+]. The molecule has 1 aromatic rings. The molecule has 0 aliphatic heterocycles. The molecule has 0 unspecified atom stereocenters. The molecule has 0 heterocycles. The second-order valence-corrected chi connectivity index (χ2v) is 2.04. The smallest absolute Gasteiger partial charge is 0.402 e. The molecular formula is C6H3BF5KO3. The van der Waals surface area contributed by atoms with Gasteiger partial charge >= 0.3 is 58.7 Å². The molecule has 1 rings (SSSR count). The Morgan fingerprint density at radius 2 is 1.00 bits per heavy atom. The number of hydrogen-bond donors (Lipinski definition) is 3. The number of rotatable bonds is 0. The van der Waals surface area contributed by atoms with Gasteiger partial charge in [-0.1, -0.05) is 0 Å². The Kier molecular flexibility index (Phi) is 10.0. The zero-order valence-corrected chi connectivity index (χ0v) is 10.9. The van der Waals surface area contributed by atoms with Crippen molar-refractivity contribution in [2.24, 2.45) is 0 Å². The quantitative estimate of drug-likeness (QED) is 0.156. The molecule has 0 amide bonds. The van der Waals surface area contributed by atoms with E-state index in [-0.39, 0.29) is 51.4 Å². The molecule has 0 saturated heterocycles. The standard InChI is InChI=1S/C6F5.BH3O3.K/c7-2-1-3(8)5(10)6(11)4(2)9;2-1(3)4;/h;2-4H;/q-1;;+1. The summed E-state index contributed by atoms with van der Waals surface area (Å²) in [6, 6.07) is 1.02. The van der Waals surface area contributed by atoms with Gasteiger partial charge in [0.1, 0.15) is 0 Å². The normalized spacial score (nSPS) is 8.75. The number of benzene rings is 1. The van der Waals surface area contributed by atoms with Gasteiger partial charge in [0, 0.05) is 0 Å². The van der Waals surface area contributed by atoms with Crippen LogP contribution < -0.4 is 51.4 Å². The Morgan fingerprint density at radius 3 is 1.25 bits per heavy atom. The first kappa shape index (κ1) is 18.8. The fourth-order valence-corrected chi connectivity index (χ4v) is 0.495. The number of halogens is 5. The summed E-state index contributed by atoms with van der Waals surface area (Å²) in [7, 11) is -2.17. The summed E-state index contributed by atoms with van der Waals surface area (Å²) in [4.78, 5) is 0. The van der Waals surface area contributed by atoms with Crippen LogP contribution in [0.2, 0.25) is 0 Å². The topological polar surface area (TPSA) is 60.7 Å². The first-order valence-electron chi connectivity index (χ1n) is 3.22.